The third-order valence-electron chi connectivity index (χ3n) is 2.94. The van der Waals surface area contributed by atoms with Crippen molar-refractivity contribution in [3.8, 4) is 0 Å². The van der Waals surface area contributed by atoms with Crippen molar-refractivity contribution in [3.63, 3.8) is 0 Å². The minimum Gasteiger partial charge on any atom is -0.357 e. The Labute approximate surface area is 165 Å². The molecule has 0 saturated heterocycles. The van der Waals surface area contributed by atoms with Crippen LogP contribution in [-0.4, -0.2) is 37.0 Å². The van der Waals surface area contributed by atoms with Gasteiger partial charge in [-0.2, -0.15) is 0 Å². The first-order chi connectivity index (χ1) is 11.2. The topological polar surface area (TPSA) is 65.5 Å². The predicted octanol–water partition coefficient (Wildman–Crippen LogP) is 2.60. The summed E-state index contributed by atoms with van der Waals surface area (Å²) in [5.41, 5.74) is 0.114. The van der Waals surface area contributed by atoms with E-state index in [1.54, 1.807) is 0 Å². The summed E-state index contributed by atoms with van der Waals surface area (Å²) in [7, 11) is 0. The van der Waals surface area contributed by atoms with Crippen molar-refractivity contribution in [2.75, 3.05) is 19.6 Å². The molecule has 3 N–H and O–H groups in total. The van der Waals surface area contributed by atoms with E-state index in [9.17, 15) is 13.6 Å². The lowest BCUT2D eigenvalue weighted by Crippen LogP contribution is -2.43. The molecule has 0 aliphatic carbocycles. The van der Waals surface area contributed by atoms with Crippen LogP contribution in [0.1, 0.15) is 33.3 Å². The van der Waals surface area contributed by atoms with E-state index in [1.165, 1.54) is 12.1 Å². The molecule has 142 valence electrons. The number of halogens is 3. The van der Waals surface area contributed by atoms with Crippen molar-refractivity contribution < 1.29 is 13.6 Å². The molecule has 0 atom stereocenters. The molecule has 0 radical (unpaired) electrons. The van der Waals surface area contributed by atoms with Crippen molar-refractivity contribution in [1.82, 2.24) is 16.0 Å². The van der Waals surface area contributed by atoms with Crippen molar-refractivity contribution in [1.29, 1.82) is 0 Å². The van der Waals surface area contributed by atoms with Crippen molar-refractivity contribution in [2.45, 2.75) is 39.7 Å². The summed E-state index contributed by atoms with van der Waals surface area (Å²) in [6, 6.07) is 3.52. The molecule has 0 unspecified atom stereocenters. The van der Waals surface area contributed by atoms with E-state index < -0.39 is 11.6 Å². The van der Waals surface area contributed by atoms with Crippen LogP contribution in [0.5, 0.6) is 0 Å². The number of nitrogens with zero attached hydrogens (tertiary/aromatic N) is 1. The number of carbonyl (C=O) groups excluding carboxylic acids is 1. The van der Waals surface area contributed by atoms with Gasteiger partial charge in [0, 0.05) is 24.7 Å². The van der Waals surface area contributed by atoms with Crippen LogP contribution in [0.15, 0.2) is 23.2 Å². The molecule has 1 rings (SSSR count). The summed E-state index contributed by atoms with van der Waals surface area (Å²) in [6.07, 6.45) is 0.380. The van der Waals surface area contributed by atoms with Crippen LogP contribution in [0.3, 0.4) is 0 Å². The van der Waals surface area contributed by atoms with Crippen LogP contribution < -0.4 is 16.0 Å². The largest absolute Gasteiger partial charge is 0.357 e. The number of hydrogen-bond donors (Lipinski definition) is 3. The average Bonchev–Trinajstić information content (AvgIpc) is 2.45. The average molecular weight is 468 g/mol. The van der Waals surface area contributed by atoms with E-state index in [1.807, 2.05) is 27.7 Å². The number of benzene rings is 1. The summed E-state index contributed by atoms with van der Waals surface area (Å²) in [5.74, 6) is -0.861. The van der Waals surface area contributed by atoms with Gasteiger partial charge in [-0.05, 0) is 45.7 Å². The lowest BCUT2D eigenvalue weighted by molar-refractivity contribution is -0.121. The number of hydrogen-bond acceptors (Lipinski definition) is 2. The molecule has 25 heavy (non-hydrogen) atoms. The lowest BCUT2D eigenvalue weighted by Gasteiger charge is -2.20. The number of guanidine groups is 1. The quantitative estimate of drug-likeness (QED) is 0.342. The standard InChI is InChI=1S/C17H26F2N4O.HI/c1-5-20-16(22-11-15(24)23-17(2,3)4)21-9-8-12-6-7-13(18)10-14(12)19;/h6-7,10H,5,8-9,11H2,1-4H3,(H,23,24)(H2,20,21,22);1H. The highest BCUT2D eigenvalue weighted by Crippen LogP contribution is 2.09. The molecule has 0 aromatic heterocycles. The van der Waals surface area contributed by atoms with Crippen molar-refractivity contribution in [2.24, 2.45) is 4.99 Å². The summed E-state index contributed by atoms with van der Waals surface area (Å²) >= 11 is 0. The van der Waals surface area contributed by atoms with Gasteiger partial charge < -0.3 is 16.0 Å². The molecule has 0 bridgehead atoms. The molecule has 0 aliphatic heterocycles. The minimum atomic E-state index is -0.594. The van der Waals surface area contributed by atoms with E-state index in [0.717, 1.165) is 6.07 Å². The van der Waals surface area contributed by atoms with Gasteiger partial charge in [0.25, 0.3) is 0 Å². The maximum atomic E-state index is 13.6. The Morgan fingerprint density at radius 1 is 1.20 bits per heavy atom. The first-order valence-corrected chi connectivity index (χ1v) is 7.98. The molecule has 1 aromatic rings. The zero-order valence-corrected chi connectivity index (χ0v) is 17.4. The third kappa shape index (κ3) is 10.2. The Morgan fingerprint density at radius 2 is 1.88 bits per heavy atom. The maximum absolute atomic E-state index is 13.6. The number of amides is 1. The number of carbonyl (C=O) groups is 1. The predicted molar refractivity (Wildman–Crippen MR) is 107 cm³/mol. The lowest BCUT2D eigenvalue weighted by atomic mass is 10.1. The van der Waals surface area contributed by atoms with Crippen LogP contribution in [0.25, 0.3) is 0 Å². The molecule has 0 spiro atoms. The summed E-state index contributed by atoms with van der Waals surface area (Å²) in [5, 5.41) is 8.87. The Kier molecular flexibility index (Phi) is 10.6. The molecular weight excluding hydrogens is 441 g/mol. The highest BCUT2D eigenvalue weighted by Gasteiger charge is 2.13. The molecule has 1 aromatic carbocycles. The van der Waals surface area contributed by atoms with Gasteiger partial charge in [0.05, 0.1) is 0 Å². The monoisotopic (exact) mass is 468 g/mol. The number of rotatable bonds is 6. The second kappa shape index (κ2) is 11.2. The van der Waals surface area contributed by atoms with Crippen LogP contribution >= 0.6 is 24.0 Å². The van der Waals surface area contributed by atoms with Crippen LogP contribution in [0.4, 0.5) is 8.78 Å². The second-order valence-electron chi connectivity index (χ2n) is 6.41. The Balaban J connectivity index is 0.00000576. The van der Waals surface area contributed by atoms with E-state index in [4.69, 9.17) is 0 Å². The molecule has 0 saturated carbocycles. The van der Waals surface area contributed by atoms with Gasteiger partial charge in [-0.1, -0.05) is 6.07 Å². The normalized spacial score (nSPS) is 11.5. The minimum absolute atomic E-state index is 0. The third-order valence-corrected chi connectivity index (χ3v) is 2.94. The second-order valence-corrected chi connectivity index (χ2v) is 6.41. The molecule has 0 heterocycles. The molecule has 5 nitrogen and oxygen atoms in total. The van der Waals surface area contributed by atoms with Crippen molar-refractivity contribution in [3.05, 3.63) is 35.4 Å². The highest BCUT2D eigenvalue weighted by atomic mass is 127. The van der Waals surface area contributed by atoms with Gasteiger partial charge in [0.1, 0.15) is 18.2 Å². The Bertz CT molecular complexity index is 589. The SMILES string of the molecule is CCNC(=NCC(=O)NC(C)(C)C)NCCc1ccc(F)cc1F.I. The van der Waals surface area contributed by atoms with Gasteiger partial charge in [-0.3, -0.25) is 4.79 Å². The van der Waals surface area contributed by atoms with Gasteiger partial charge >= 0.3 is 0 Å². The van der Waals surface area contributed by atoms with Gasteiger partial charge in [0.2, 0.25) is 5.91 Å². The highest BCUT2D eigenvalue weighted by molar-refractivity contribution is 14.0. The van der Waals surface area contributed by atoms with E-state index in [-0.39, 0.29) is 42.0 Å². The van der Waals surface area contributed by atoms with Gasteiger partial charge in [-0.15, -0.1) is 24.0 Å². The van der Waals surface area contributed by atoms with E-state index in [0.29, 0.717) is 31.0 Å². The molecule has 0 aliphatic rings. The van der Waals surface area contributed by atoms with E-state index >= 15 is 0 Å². The summed E-state index contributed by atoms with van der Waals surface area (Å²) < 4.78 is 26.4. The number of aliphatic imine (C=N–C) groups is 1. The first kappa shape index (κ1) is 23.5. The fraction of sp³-hybridized carbons (Fsp3) is 0.529. The fourth-order valence-electron chi connectivity index (χ4n) is 1.99. The van der Waals surface area contributed by atoms with Crippen molar-refractivity contribution >= 4 is 35.8 Å². The smallest absolute Gasteiger partial charge is 0.242 e. The van der Waals surface area contributed by atoms with Gasteiger partial charge in [-0.25, -0.2) is 13.8 Å². The Morgan fingerprint density at radius 3 is 2.44 bits per heavy atom. The molecule has 8 heteroatoms. The van der Waals surface area contributed by atoms with Crippen LogP contribution in [0.2, 0.25) is 0 Å². The summed E-state index contributed by atoms with van der Waals surface area (Å²) in [6.45, 7) is 8.65. The number of nitrogens with one attached hydrogen (secondary N) is 3. The van der Waals surface area contributed by atoms with Crippen LogP contribution in [-0.2, 0) is 11.2 Å². The fourth-order valence-corrected chi connectivity index (χ4v) is 1.99. The molecule has 1 amide bonds. The first-order valence-electron chi connectivity index (χ1n) is 7.98. The zero-order chi connectivity index (χ0) is 18.2. The maximum Gasteiger partial charge on any atom is 0.242 e. The van der Waals surface area contributed by atoms with Crippen LogP contribution in [0, 0.1) is 11.6 Å². The zero-order valence-electron chi connectivity index (χ0n) is 15.1. The Hall–Kier alpha value is -1.45. The van der Waals surface area contributed by atoms with E-state index in [2.05, 4.69) is 20.9 Å². The molecular formula is C17H27F2IN4O. The van der Waals surface area contributed by atoms with Gasteiger partial charge in [0.15, 0.2) is 5.96 Å². The summed E-state index contributed by atoms with van der Waals surface area (Å²) in [4.78, 5) is 16.0. The molecule has 0 fully saturated rings.